The molecule has 0 bridgehead atoms. The molecule has 2 N–H and O–H groups in total. The first-order valence-electron chi connectivity index (χ1n) is 4.30. The molecule has 5 nitrogen and oxygen atoms in total. The fourth-order valence-electron chi connectivity index (χ4n) is 1.47. The quantitative estimate of drug-likeness (QED) is 0.561. The number of para-hydroxylation sites is 1. The highest BCUT2D eigenvalue weighted by atomic mass is 16.1. The van der Waals surface area contributed by atoms with Crippen molar-refractivity contribution in [2.24, 2.45) is 5.22 Å². The lowest BCUT2D eigenvalue weighted by Crippen LogP contribution is -2.20. The van der Waals surface area contributed by atoms with Crippen molar-refractivity contribution in [2.75, 3.05) is 0 Å². The first kappa shape index (κ1) is 9.26. The van der Waals surface area contributed by atoms with E-state index in [0.29, 0.717) is 11.8 Å². The van der Waals surface area contributed by atoms with Crippen molar-refractivity contribution in [1.29, 1.82) is 10.9 Å². The molecule has 0 saturated heterocycles. The minimum Gasteiger partial charge on any atom is -0.298 e. The topological polar surface area (TPSA) is 82.1 Å². The summed E-state index contributed by atoms with van der Waals surface area (Å²) in [5, 5.41) is 11.7. The smallest absolute Gasteiger partial charge is 0.159 e. The second kappa shape index (κ2) is 3.45. The van der Waals surface area contributed by atoms with Gasteiger partial charge in [-0.15, -0.1) is 0 Å². The van der Waals surface area contributed by atoms with E-state index in [4.69, 9.17) is 10.9 Å². The second-order valence-corrected chi connectivity index (χ2v) is 3.04. The number of aldehydes is 1. The van der Waals surface area contributed by atoms with Crippen LogP contribution in [0.4, 0.5) is 0 Å². The van der Waals surface area contributed by atoms with Gasteiger partial charge in [-0.2, -0.15) is 10.2 Å². The molecule has 1 heterocycles. The number of rotatable bonds is 2. The number of aromatic nitrogens is 1. The number of nitrogens with one attached hydrogen (secondary N) is 2. The summed E-state index contributed by atoms with van der Waals surface area (Å²) >= 11 is 0. The second-order valence-electron chi connectivity index (χ2n) is 3.04. The summed E-state index contributed by atoms with van der Waals surface area (Å²) in [6.45, 7) is 0. The molecule has 0 saturated carbocycles. The van der Waals surface area contributed by atoms with Crippen LogP contribution in [-0.4, -0.2) is 11.0 Å². The standard InChI is InChI=1S/C10H8N4O/c11-10-8(6-15)5-7-3-1-2-4-9(7)14(10)13-12/h1-6,11-12H. The highest BCUT2D eigenvalue weighted by Gasteiger charge is 2.04. The predicted molar refractivity (Wildman–Crippen MR) is 53.7 cm³/mol. The Bertz CT molecular complexity index is 600. The minimum atomic E-state index is -0.0706. The number of fused-ring (bicyclic) bond motifs is 1. The van der Waals surface area contributed by atoms with Crippen molar-refractivity contribution in [3.05, 3.63) is 41.4 Å². The highest BCUT2D eigenvalue weighted by Crippen LogP contribution is 2.12. The Labute approximate surface area is 85.0 Å². The fourth-order valence-corrected chi connectivity index (χ4v) is 1.47. The Morgan fingerprint density at radius 2 is 2.07 bits per heavy atom. The van der Waals surface area contributed by atoms with E-state index in [1.807, 2.05) is 12.1 Å². The van der Waals surface area contributed by atoms with Gasteiger partial charge in [0.25, 0.3) is 0 Å². The molecule has 0 aliphatic rings. The Morgan fingerprint density at radius 1 is 1.33 bits per heavy atom. The van der Waals surface area contributed by atoms with Gasteiger partial charge in [0, 0.05) is 5.39 Å². The molecule has 74 valence electrons. The number of carbonyl (C=O) groups excluding carboxylic acids is 1. The van der Waals surface area contributed by atoms with E-state index in [2.05, 4.69) is 5.22 Å². The van der Waals surface area contributed by atoms with Gasteiger partial charge in [-0.05, 0) is 12.1 Å². The Kier molecular flexibility index (Phi) is 2.13. The molecule has 0 fully saturated rings. The third kappa shape index (κ3) is 1.34. The first-order valence-corrected chi connectivity index (χ1v) is 4.30. The van der Waals surface area contributed by atoms with E-state index in [9.17, 15) is 4.79 Å². The number of carbonyl (C=O) groups is 1. The lowest BCUT2D eigenvalue weighted by Gasteiger charge is -2.05. The van der Waals surface area contributed by atoms with E-state index in [1.54, 1.807) is 18.2 Å². The van der Waals surface area contributed by atoms with Crippen LogP contribution >= 0.6 is 0 Å². The van der Waals surface area contributed by atoms with Crippen LogP contribution in [-0.2, 0) is 0 Å². The molecule has 2 rings (SSSR count). The van der Waals surface area contributed by atoms with Crippen LogP contribution in [0.2, 0.25) is 0 Å². The lowest BCUT2D eigenvalue weighted by atomic mass is 10.1. The molecule has 1 aromatic carbocycles. The fraction of sp³-hybridized carbons (Fsp3) is 0. The zero-order valence-electron chi connectivity index (χ0n) is 7.77. The predicted octanol–water partition coefficient (Wildman–Crippen LogP) is 1.73. The van der Waals surface area contributed by atoms with E-state index < -0.39 is 0 Å². The van der Waals surface area contributed by atoms with Crippen LogP contribution in [0.5, 0.6) is 0 Å². The minimum absolute atomic E-state index is 0.0706. The molecule has 0 amide bonds. The lowest BCUT2D eigenvalue weighted by molar-refractivity contribution is 0.112. The molecule has 0 spiro atoms. The van der Waals surface area contributed by atoms with Gasteiger partial charge in [-0.25, -0.2) is 0 Å². The summed E-state index contributed by atoms with van der Waals surface area (Å²) in [7, 11) is 0. The Morgan fingerprint density at radius 3 is 2.73 bits per heavy atom. The summed E-state index contributed by atoms with van der Waals surface area (Å²) in [4.78, 5) is 10.7. The summed E-state index contributed by atoms with van der Waals surface area (Å²) in [5.74, 6) is 0. The van der Waals surface area contributed by atoms with Crippen molar-refractivity contribution >= 4 is 17.2 Å². The maximum atomic E-state index is 10.7. The SMILES string of the molecule is N=Nn1c(=N)c(C=O)cc2ccccc21. The van der Waals surface area contributed by atoms with Gasteiger partial charge in [0.1, 0.15) is 0 Å². The molecule has 0 radical (unpaired) electrons. The number of hydrogen-bond acceptors (Lipinski definition) is 4. The molecule has 1 aromatic heterocycles. The summed E-state index contributed by atoms with van der Waals surface area (Å²) in [5.41, 5.74) is 7.79. The van der Waals surface area contributed by atoms with Crippen LogP contribution in [0.25, 0.3) is 10.9 Å². The number of benzene rings is 1. The van der Waals surface area contributed by atoms with Crippen LogP contribution in [0, 0.1) is 10.9 Å². The third-order valence-electron chi connectivity index (χ3n) is 2.19. The molecule has 0 aliphatic heterocycles. The van der Waals surface area contributed by atoms with Crippen LogP contribution < -0.4 is 5.49 Å². The van der Waals surface area contributed by atoms with E-state index in [0.717, 1.165) is 10.1 Å². The largest absolute Gasteiger partial charge is 0.298 e. The maximum Gasteiger partial charge on any atom is 0.159 e. The molecule has 5 heteroatoms. The maximum absolute atomic E-state index is 10.7. The molecular weight excluding hydrogens is 192 g/mol. The Balaban J connectivity index is 3.02. The average molecular weight is 200 g/mol. The normalized spacial score (nSPS) is 10.1. The molecule has 0 aliphatic carbocycles. The highest BCUT2D eigenvalue weighted by molar-refractivity contribution is 5.85. The zero-order chi connectivity index (χ0) is 10.8. The average Bonchev–Trinajstić information content (AvgIpc) is 2.28. The van der Waals surface area contributed by atoms with Gasteiger partial charge in [-0.1, -0.05) is 23.4 Å². The van der Waals surface area contributed by atoms with E-state index in [1.165, 1.54) is 0 Å². The number of nitrogens with zero attached hydrogens (tertiary/aromatic N) is 2. The third-order valence-corrected chi connectivity index (χ3v) is 2.19. The van der Waals surface area contributed by atoms with Crippen molar-refractivity contribution in [3.63, 3.8) is 0 Å². The molecule has 2 aromatic rings. The van der Waals surface area contributed by atoms with Crippen LogP contribution in [0.15, 0.2) is 35.6 Å². The summed E-state index contributed by atoms with van der Waals surface area (Å²) in [6, 6.07) is 8.80. The van der Waals surface area contributed by atoms with Gasteiger partial charge >= 0.3 is 0 Å². The summed E-state index contributed by atoms with van der Waals surface area (Å²) < 4.78 is 1.12. The van der Waals surface area contributed by atoms with Crippen molar-refractivity contribution in [3.8, 4) is 0 Å². The van der Waals surface area contributed by atoms with Gasteiger partial charge in [0.2, 0.25) is 0 Å². The van der Waals surface area contributed by atoms with Crippen molar-refractivity contribution in [2.45, 2.75) is 0 Å². The number of pyridine rings is 1. The van der Waals surface area contributed by atoms with Gasteiger partial charge in [-0.3, -0.25) is 10.2 Å². The van der Waals surface area contributed by atoms with Gasteiger partial charge < -0.3 is 0 Å². The Hall–Kier alpha value is -2.30. The number of hydrogen-bond donors (Lipinski definition) is 2. The molecule has 0 atom stereocenters. The van der Waals surface area contributed by atoms with Gasteiger partial charge in [0.15, 0.2) is 11.8 Å². The van der Waals surface area contributed by atoms with Gasteiger partial charge in [0.05, 0.1) is 11.1 Å². The summed E-state index contributed by atoms with van der Waals surface area (Å²) in [6.07, 6.45) is 0.594. The monoisotopic (exact) mass is 200 g/mol. The van der Waals surface area contributed by atoms with E-state index >= 15 is 0 Å². The van der Waals surface area contributed by atoms with Crippen LogP contribution in [0.3, 0.4) is 0 Å². The van der Waals surface area contributed by atoms with E-state index in [-0.39, 0.29) is 11.1 Å². The zero-order valence-corrected chi connectivity index (χ0v) is 7.77. The van der Waals surface area contributed by atoms with Crippen molar-refractivity contribution < 1.29 is 4.79 Å². The molecule has 0 unspecified atom stereocenters. The first-order chi connectivity index (χ1) is 7.27. The molecular formula is C10H8N4O. The van der Waals surface area contributed by atoms with Crippen molar-refractivity contribution in [1.82, 2.24) is 4.68 Å². The molecule has 15 heavy (non-hydrogen) atoms. The van der Waals surface area contributed by atoms with Crippen LogP contribution in [0.1, 0.15) is 10.4 Å².